The second-order valence-corrected chi connectivity index (χ2v) is 8.93. The summed E-state index contributed by atoms with van der Waals surface area (Å²) in [4.78, 5) is 55.9. The number of primary amides is 2. The lowest BCUT2D eigenvalue weighted by atomic mass is 10.0. The summed E-state index contributed by atoms with van der Waals surface area (Å²) in [6.07, 6.45) is 3.34. The molecule has 4 amide bonds. The molecule has 4 rings (SSSR count). The van der Waals surface area contributed by atoms with Crippen LogP contribution in [0.25, 0.3) is 21.8 Å². The minimum Gasteiger partial charge on any atom is -0.370 e. The lowest BCUT2D eigenvalue weighted by molar-refractivity contribution is -0.133. The summed E-state index contributed by atoms with van der Waals surface area (Å²) < 4.78 is 0. The number of rotatable bonds is 11. The fourth-order valence-electron chi connectivity index (χ4n) is 4.33. The lowest BCUT2D eigenvalue weighted by Gasteiger charge is -2.22. The first kappa shape index (κ1) is 25.5. The molecule has 0 saturated heterocycles. The standard InChI is InChI=1S/C26H29N7O4/c27-18(9-14-12-30-19-7-3-1-5-16(14)19)25(36)33-22(11-23(28)34)26(37)32-21(24(29)35)10-15-13-31-20-8-4-2-6-17(15)20/h1-8,12-13,18,21-22,30-31H,9-11,27H2,(H2,28,34)(H2,29,35)(H,32,37)(H,33,36)/t18-,21+,22-/m1/s1. The average Bonchev–Trinajstić information content (AvgIpc) is 3.47. The van der Waals surface area contributed by atoms with Crippen molar-refractivity contribution in [1.82, 2.24) is 20.6 Å². The molecule has 192 valence electrons. The summed E-state index contributed by atoms with van der Waals surface area (Å²) in [6, 6.07) is 11.7. The number of carbonyl (C=O) groups is 4. The van der Waals surface area contributed by atoms with Gasteiger partial charge < -0.3 is 37.8 Å². The van der Waals surface area contributed by atoms with Crippen LogP contribution >= 0.6 is 0 Å². The van der Waals surface area contributed by atoms with Gasteiger partial charge in [0.25, 0.3) is 0 Å². The molecular formula is C26H29N7O4. The van der Waals surface area contributed by atoms with Crippen molar-refractivity contribution in [3.05, 3.63) is 72.1 Å². The van der Waals surface area contributed by atoms with Gasteiger partial charge in [-0.3, -0.25) is 19.2 Å². The van der Waals surface area contributed by atoms with E-state index in [2.05, 4.69) is 20.6 Å². The maximum absolute atomic E-state index is 13.0. The predicted octanol–water partition coefficient (Wildman–Crippen LogP) is 0.0920. The molecule has 2 aromatic carbocycles. The van der Waals surface area contributed by atoms with Crippen LogP contribution in [0.1, 0.15) is 17.5 Å². The van der Waals surface area contributed by atoms with E-state index in [1.165, 1.54) is 0 Å². The highest BCUT2D eigenvalue weighted by molar-refractivity contribution is 5.96. The summed E-state index contributed by atoms with van der Waals surface area (Å²) in [7, 11) is 0. The highest BCUT2D eigenvalue weighted by Crippen LogP contribution is 2.20. The second kappa shape index (κ2) is 11.0. The van der Waals surface area contributed by atoms with Crippen LogP contribution in [0.3, 0.4) is 0 Å². The van der Waals surface area contributed by atoms with E-state index in [1.807, 2.05) is 48.5 Å². The molecule has 0 radical (unpaired) electrons. The maximum Gasteiger partial charge on any atom is 0.243 e. The van der Waals surface area contributed by atoms with Gasteiger partial charge in [-0.05, 0) is 29.7 Å². The molecule has 0 bridgehead atoms. The van der Waals surface area contributed by atoms with Gasteiger partial charge in [0.05, 0.1) is 12.5 Å². The van der Waals surface area contributed by atoms with Gasteiger partial charge in [0.2, 0.25) is 23.6 Å². The van der Waals surface area contributed by atoms with Crippen LogP contribution in [0.2, 0.25) is 0 Å². The predicted molar refractivity (Wildman–Crippen MR) is 139 cm³/mol. The van der Waals surface area contributed by atoms with E-state index in [0.717, 1.165) is 32.9 Å². The summed E-state index contributed by atoms with van der Waals surface area (Å²) in [5.74, 6) is -2.98. The highest BCUT2D eigenvalue weighted by Gasteiger charge is 2.29. The average molecular weight is 504 g/mol. The van der Waals surface area contributed by atoms with Crippen LogP contribution in [0.15, 0.2) is 60.9 Å². The number of amides is 4. The van der Waals surface area contributed by atoms with Gasteiger partial charge in [-0.2, -0.15) is 0 Å². The zero-order valence-electron chi connectivity index (χ0n) is 20.0. The Morgan fingerprint density at radius 1 is 0.730 bits per heavy atom. The molecule has 0 aliphatic rings. The van der Waals surface area contributed by atoms with Crippen molar-refractivity contribution in [3.63, 3.8) is 0 Å². The SMILES string of the molecule is NC(=O)C[C@@H](NC(=O)[C@H](N)Cc1c[nH]c2ccccc12)C(=O)N[C@@H](Cc1c[nH]c2ccccc12)C(N)=O. The molecule has 37 heavy (non-hydrogen) atoms. The number of aromatic amines is 2. The van der Waals surface area contributed by atoms with Gasteiger partial charge in [0.15, 0.2) is 0 Å². The molecule has 4 aromatic rings. The molecule has 0 spiro atoms. The van der Waals surface area contributed by atoms with Crippen molar-refractivity contribution >= 4 is 45.4 Å². The molecule has 11 heteroatoms. The Morgan fingerprint density at radius 3 is 1.78 bits per heavy atom. The number of para-hydroxylation sites is 2. The third-order valence-corrected chi connectivity index (χ3v) is 6.25. The van der Waals surface area contributed by atoms with Crippen molar-refractivity contribution in [3.8, 4) is 0 Å². The van der Waals surface area contributed by atoms with Crippen LogP contribution < -0.4 is 27.8 Å². The van der Waals surface area contributed by atoms with Gasteiger partial charge in [-0.15, -0.1) is 0 Å². The zero-order valence-corrected chi connectivity index (χ0v) is 20.0. The number of hydrogen-bond donors (Lipinski definition) is 7. The Kier molecular flexibility index (Phi) is 7.54. The Hall–Kier alpha value is -4.64. The number of benzene rings is 2. The molecule has 11 nitrogen and oxygen atoms in total. The number of fused-ring (bicyclic) bond motifs is 2. The quantitative estimate of drug-likeness (QED) is 0.152. The van der Waals surface area contributed by atoms with Crippen LogP contribution in [0.4, 0.5) is 0 Å². The molecule has 0 aliphatic carbocycles. The van der Waals surface area contributed by atoms with E-state index in [0.29, 0.717) is 0 Å². The van der Waals surface area contributed by atoms with Gasteiger partial charge in [0, 0.05) is 40.6 Å². The lowest BCUT2D eigenvalue weighted by Crippen LogP contribution is -2.56. The Balaban J connectivity index is 1.44. The van der Waals surface area contributed by atoms with Gasteiger partial charge in [0.1, 0.15) is 12.1 Å². The number of nitrogens with two attached hydrogens (primary N) is 3. The fourth-order valence-corrected chi connectivity index (χ4v) is 4.33. The first-order valence-corrected chi connectivity index (χ1v) is 11.8. The van der Waals surface area contributed by atoms with E-state index in [4.69, 9.17) is 17.2 Å². The number of hydrogen-bond acceptors (Lipinski definition) is 5. The van der Waals surface area contributed by atoms with Crippen LogP contribution in [0, 0.1) is 0 Å². The number of H-pyrrole nitrogens is 2. The maximum atomic E-state index is 13.0. The summed E-state index contributed by atoms with van der Waals surface area (Å²) >= 11 is 0. The topological polar surface area (TPSA) is 202 Å². The molecule has 0 saturated carbocycles. The van der Waals surface area contributed by atoms with Crippen molar-refractivity contribution in [1.29, 1.82) is 0 Å². The van der Waals surface area contributed by atoms with Gasteiger partial charge in [-0.1, -0.05) is 36.4 Å². The molecule has 0 aliphatic heterocycles. The molecule has 3 atom stereocenters. The summed E-state index contributed by atoms with van der Waals surface area (Å²) in [5.41, 5.74) is 20.4. The number of nitrogens with one attached hydrogen (secondary N) is 4. The second-order valence-electron chi connectivity index (χ2n) is 8.93. The van der Waals surface area contributed by atoms with Crippen LogP contribution in [-0.4, -0.2) is 51.7 Å². The van der Waals surface area contributed by atoms with Crippen molar-refractivity contribution in [2.24, 2.45) is 17.2 Å². The van der Waals surface area contributed by atoms with E-state index in [-0.39, 0.29) is 12.8 Å². The molecule has 2 aromatic heterocycles. The third kappa shape index (κ3) is 5.96. The summed E-state index contributed by atoms with van der Waals surface area (Å²) in [5, 5.41) is 6.85. The monoisotopic (exact) mass is 503 g/mol. The number of aromatic nitrogens is 2. The highest BCUT2D eigenvalue weighted by atomic mass is 16.2. The minimum atomic E-state index is -1.33. The first-order chi connectivity index (χ1) is 17.7. The molecule has 0 fully saturated rings. The van der Waals surface area contributed by atoms with Crippen molar-refractivity contribution in [2.45, 2.75) is 37.4 Å². The minimum absolute atomic E-state index is 0.113. The molecular weight excluding hydrogens is 474 g/mol. The molecule has 10 N–H and O–H groups in total. The Bertz CT molecular complexity index is 1460. The first-order valence-electron chi connectivity index (χ1n) is 11.8. The van der Waals surface area contributed by atoms with Gasteiger partial charge >= 0.3 is 0 Å². The fraction of sp³-hybridized carbons (Fsp3) is 0.231. The van der Waals surface area contributed by atoms with Crippen molar-refractivity contribution in [2.75, 3.05) is 0 Å². The van der Waals surface area contributed by atoms with Crippen molar-refractivity contribution < 1.29 is 19.2 Å². The van der Waals surface area contributed by atoms with Crippen LogP contribution in [0.5, 0.6) is 0 Å². The normalized spacial score (nSPS) is 13.6. The molecule has 2 heterocycles. The zero-order chi connectivity index (χ0) is 26.5. The Labute approximate surface area is 212 Å². The Morgan fingerprint density at radius 2 is 1.24 bits per heavy atom. The third-order valence-electron chi connectivity index (χ3n) is 6.25. The molecule has 0 unspecified atom stereocenters. The summed E-state index contributed by atoms with van der Waals surface area (Å²) in [6.45, 7) is 0. The van der Waals surface area contributed by atoms with Gasteiger partial charge in [-0.25, -0.2) is 0 Å². The van der Waals surface area contributed by atoms with E-state index >= 15 is 0 Å². The van der Waals surface area contributed by atoms with E-state index < -0.39 is 48.2 Å². The van der Waals surface area contributed by atoms with E-state index in [1.54, 1.807) is 12.4 Å². The largest absolute Gasteiger partial charge is 0.370 e. The number of carbonyl (C=O) groups excluding carboxylic acids is 4. The smallest absolute Gasteiger partial charge is 0.243 e. The van der Waals surface area contributed by atoms with Crippen LogP contribution in [-0.2, 0) is 32.0 Å². The van der Waals surface area contributed by atoms with E-state index in [9.17, 15) is 19.2 Å².